The third-order valence-electron chi connectivity index (χ3n) is 3.49. The van der Waals surface area contributed by atoms with Crippen LogP contribution < -0.4 is 10.5 Å². The van der Waals surface area contributed by atoms with Crippen molar-refractivity contribution in [2.75, 3.05) is 12.3 Å². The van der Waals surface area contributed by atoms with Crippen molar-refractivity contribution in [3.63, 3.8) is 0 Å². The van der Waals surface area contributed by atoms with Crippen molar-refractivity contribution in [3.05, 3.63) is 18.2 Å². The second-order valence-electron chi connectivity index (χ2n) is 5.63. The second-order valence-corrected chi connectivity index (χ2v) is 5.63. The van der Waals surface area contributed by atoms with Gasteiger partial charge in [0.25, 0.3) is 0 Å². The van der Waals surface area contributed by atoms with Crippen molar-refractivity contribution in [2.24, 2.45) is 0 Å². The summed E-state index contributed by atoms with van der Waals surface area (Å²) < 4.78 is 7.52. The Morgan fingerprint density at radius 2 is 2.05 bits per heavy atom. The number of nitrogens with two attached hydrogens (primary N) is 1. The Hall–Kier alpha value is -2.11. The molecule has 0 unspecified atom stereocenters. The fourth-order valence-electron chi connectivity index (χ4n) is 2.53. The molecule has 114 valence electrons. The van der Waals surface area contributed by atoms with Gasteiger partial charge in [0, 0.05) is 5.69 Å². The van der Waals surface area contributed by atoms with E-state index in [2.05, 4.69) is 36.3 Å². The molecule has 1 aromatic heterocycles. The van der Waals surface area contributed by atoms with E-state index in [-0.39, 0.29) is 5.54 Å². The summed E-state index contributed by atoms with van der Waals surface area (Å²) >= 11 is 0. The summed E-state index contributed by atoms with van der Waals surface area (Å²) in [7, 11) is 0. The van der Waals surface area contributed by atoms with Crippen LogP contribution in [0.3, 0.4) is 0 Å². The van der Waals surface area contributed by atoms with Crippen molar-refractivity contribution in [1.29, 1.82) is 0 Å². The molecule has 2 N–H and O–H groups in total. The lowest BCUT2D eigenvalue weighted by molar-refractivity contribution is 0.289. The lowest BCUT2D eigenvalue weighted by atomic mass is 9.98. The third-order valence-corrected chi connectivity index (χ3v) is 3.49. The predicted octanol–water partition coefficient (Wildman–Crippen LogP) is 2.86. The molecule has 1 heterocycles. The zero-order chi connectivity index (χ0) is 15.5. The van der Waals surface area contributed by atoms with E-state index in [0.717, 1.165) is 18.4 Å². The van der Waals surface area contributed by atoms with Crippen LogP contribution in [0.5, 0.6) is 5.75 Å². The van der Waals surface area contributed by atoms with Gasteiger partial charge >= 0.3 is 0 Å². The molecule has 0 amide bonds. The Labute approximate surface area is 125 Å². The van der Waals surface area contributed by atoms with Crippen molar-refractivity contribution in [1.82, 2.24) is 20.2 Å². The number of nitrogens with zero attached hydrogens (tertiary/aromatic N) is 4. The highest BCUT2D eigenvalue weighted by Gasteiger charge is 2.27. The van der Waals surface area contributed by atoms with Gasteiger partial charge in [0.05, 0.1) is 17.7 Å². The standard InChI is InChI=1S/C15H23N5O/c1-5-10-15(3,4)20-14(17-18-19-20)13-11(16)8-7-9-12(13)21-6-2/h7-9H,5-6,10,16H2,1-4H3. The summed E-state index contributed by atoms with van der Waals surface area (Å²) in [4.78, 5) is 0. The van der Waals surface area contributed by atoms with E-state index < -0.39 is 0 Å². The summed E-state index contributed by atoms with van der Waals surface area (Å²) in [6.07, 6.45) is 2.02. The number of tetrazole rings is 1. The maximum atomic E-state index is 6.14. The monoisotopic (exact) mass is 289 g/mol. The second kappa shape index (κ2) is 6.11. The molecule has 0 radical (unpaired) electrons. The van der Waals surface area contributed by atoms with Crippen LogP contribution in [0.2, 0.25) is 0 Å². The molecule has 0 aliphatic rings. The van der Waals surface area contributed by atoms with Crippen LogP contribution in [0.4, 0.5) is 5.69 Å². The number of benzene rings is 1. The van der Waals surface area contributed by atoms with Gasteiger partial charge in [-0.2, -0.15) is 0 Å². The fraction of sp³-hybridized carbons (Fsp3) is 0.533. The number of rotatable bonds is 6. The van der Waals surface area contributed by atoms with Gasteiger partial charge in [0.1, 0.15) is 5.75 Å². The van der Waals surface area contributed by atoms with Crippen LogP contribution in [0.1, 0.15) is 40.5 Å². The minimum Gasteiger partial charge on any atom is -0.493 e. The average Bonchev–Trinajstić information content (AvgIpc) is 2.89. The normalized spacial score (nSPS) is 11.6. The molecule has 1 aromatic carbocycles. The van der Waals surface area contributed by atoms with Gasteiger partial charge in [0.2, 0.25) is 0 Å². The van der Waals surface area contributed by atoms with E-state index in [1.165, 1.54) is 0 Å². The lowest BCUT2D eigenvalue weighted by Crippen LogP contribution is -2.28. The zero-order valence-electron chi connectivity index (χ0n) is 13.1. The Bertz CT molecular complexity index is 606. The number of hydrogen-bond donors (Lipinski definition) is 1. The van der Waals surface area contributed by atoms with Gasteiger partial charge < -0.3 is 10.5 Å². The number of hydrogen-bond acceptors (Lipinski definition) is 5. The molecule has 21 heavy (non-hydrogen) atoms. The van der Waals surface area contributed by atoms with Crippen molar-refractivity contribution in [3.8, 4) is 17.1 Å². The Kier molecular flexibility index (Phi) is 4.45. The van der Waals surface area contributed by atoms with Crippen molar-refractivity contribution >= 4 is 5.69 Å². The zero-order valence-corrected chi connectivity index (χ0v) is 13.1. The molecule has 2 aromatic rings. The van der Waals surface area contributed by atoms with Crippen molar-refractivity contribution < 1.29 is 4.74 Å². The summed E-state index contributed by atoms with van der Waals surface area (Å²) in [6, 6.07) is 5.60. The topological polar surface area (TPSA) is 78.9 Å². The lowest BCUT2D eigenvalue weighted by Gasteiger charge is -2.25. The molecule has 2 rings (SSSR count). The maximum Gasteiger partial charge on any atom is 0.188 e. The predicted molar refractivity (Wildman–Crippen MR) is 83.1 cm³/mol. The molecule has 0 atom stereocenters. The van der Waals surface area contributed by atoms with Crippen molar-refractivity contribution in [2.45, 2.75) is 46.1 Å². The SMILES string of the molecule is CCCC(C)(C)n1nnnc1-c1c(N)cccc1OCC. The summed E-state index contributed by atoms with van der Waals surface area (Å²) in [5.41, 5.74) is 7.33. The first-order valence-electron chi connectivity index (χ1n) is 7.31. The van der Waals surface area contributed by atoms with E-state index in [1.807, 2.05) is 29.8 Å². The molecule has 0 spiro atoms. The summed E-state index contributed by atoms with van der Waals surface area (Å²) in [5.74, 6) is 1.36. The first-order chi connectivity index (χ1) is 10.0. The fourth-order valence-corrected chi connectivity index (χ4v) is 2.53. The molecule has 0 saturated carbocycles. The molecular formula is C15H23N5O. The molecule has 0 aliphatic heterocycles. The van der Waals surface area contributed by atoms with E-state index in [0.29, 0.717) is 23.9 Å². The largest absolute Gasteiger partial charge is 0.493 e. The minimum absolute atomic E-state index is 0.181. The molecule has 0 aliphatic carbocycles. The number of ether oxygens (including phenoxy) is 1. The Morgan fingerprint density at radius 3 is 2.71 bits per heavy atom. The minimum atomic E-state index is -0.181. The van der Waals surface area contributed by atoms with Gasteiger partial charge in [-0.15, -0.1) is 5.10 Å². The van der Waals surface area contributed by atoms with Crippen LogP contribution in [-0.4, -0.2) is 26.8 Å². The molecule has 0 fully saturated rings. The average molecular weight is 289 g/mol. The smallest absolute Gasteiger partial charge is 0.188 e. The summed E-state index contributed by atoms with van der Waals surface area (Å²) in [6.45, 7) is 8.90. The van der Waals surface area contributed by atoms with Crippen LogP contribution in [0.15, 0.2) is 18.2 Å². The number of nitrogen functional groups attached to an aromatic ring is 1. The first kappa shape index (κ1) is 15.3. The maximum absolute atomic E-state index is 6.14. The van der Waals surface area contributed by atoms with Gasteiger partial charge in [-0.3, -0.25) is 0 Å². The summed E-state index contributed by atoms with van der Waals surface area (Å²) in [5, 5.41) is 12.2. The Morgan fingerprint density at radius 1 is 1.29 bits per heavy atom. The van der Waals surface area contributed by atoms with E-state index >= 15 is 0 Å². The van der Waals surface area contributed by atoms with E-state index in [4.69, 9.17) is 10.5 Å². The van der Waals surface area contributed by atoms with Crippen LogP contribution in [-0.2, 0) is 5.54 Å². The molecular weight excluding hydrogens is 266 g/mol. The van der Waals surface area contributed by atoms with Gasteiger partial charge in [-0.1, -0.05) is 19.4 Å². The van der Waals surface area contributed by atoms with Crippen LogP contribution in [0, 0.1) is 0 Å². The highest BCUT2D eigenvalue weighted by atomic mass is 16.5. The highest BCUT2D eigenvalue weighted by Crippen LogP contribution is 2.36. The first-order valence-corrected chi connectivity index (χ1v) is 7.31. The molecule has 0 saturated heterocycles. The molecule has 6 nitrogen and oxygen atoms in total. The number of aromatic nitrogens is 4. The molecule has 0 bridgehead atoms. The van der Waals surface area contributed by atoms with E-state index in [1.54, 1.807) is 0 Å². The third kappa shape index (κ3) is 2.99. The van der Waals surface area contributed by atoms with E-state index in [9.17, 15) is 0 Å². The highest BCUT2D eigenvalue weighted by molar-refractivity contribution is 5.77. The van der Waals surface area contributed by atoms with Gasteiger partial charge in [-0.25, -0.2) is 4.68 Å². The van der Waals surface area contributed by atoms with Crippen LogP contribution in [0.25, 0.3) is 11.4 Å². The number of anilines is 1. The van der Waals surface area contributed by atoms with Gasteiger partial charge in [-0.05, 0) is 49.8 Å². The van der Waals surface area contributed by atoms with Crippen LogP contribution >= 0.6 is 0 Å². The molecule has 6 heteroatoms. The quantitative estimate of drug-likeness (QED) is 0.827. The van der Waals surface area contributed by atoms with Gasteiger partial charge in [0.15, 0.2) is 5.82 Å². The Balaban J connectivity index is 2.56.